The van der Waals surface area contributed by atoms with Gasteiger partial charge in [-0.05, 0) is 18.2 Å². The summed E-state index contributed by atoms with van der Waals surface area (Å²) in [6.07, 6.45) is 3.22. The van der Waals surface area contributed by atoms with E-state index >= 15 is 0 Å². The van der Waals surface area contributed by atoms with Crippen molar-refractivity contribution < 1.29 is 4.92 Å². The standard InChI is InChI=1S/C17H20N4O3S/c1-3-12-5-4-11(8-15(12)21(23)24)9-20-7-6-14-13(10-20)16(22)19-17(18-14)25-2/h4-5,8H,3,6-7,9-10H2,1-2H3,(H,18,19,22). The molecule has 1 aliphatic heterocycles. The Morgan fingerprint density at radius 2 is 2.24 bits per heavy atom. The smallest absolute Gasteiger partial charge is 0.272 e. The molecule has 1 N–H and O–H groups in total. The first-order chi connectivity index (χ1) is 12.0. The number of benzene rings is 1. The summed E-state index contributed by atoms with van der Waals surface area (Å²) in [5, 5.41) is 11.9. The number of fused-ring (bicyclic) bond motifs is 1. The first-order valence-corrected chi connectivity index (χ1v) is 9.39. The fourth-order valence-electron chi connectivity index (χ4n) is 3.12. The number of hydrogen-bond donors (Lipinski definition) is 1. The topological polar surface area (TPSA) is 92.1 Å². The predicted molar refractivity (Wildman–Crippen MR) is 96.9 cm³/mol. The zero-order valence-corrected chi connectivity index (χ0v) is 15.1. The van der Waals surface area contributed by atoms with Crippen LogP contribution in [0.15, 0.2) is 28.2 Å². The number of H-pyrrole nitrogens is 1. The molecule has 3 rings (SSSR count). The number of rotatable bonds is 5. The van der Waals surface area contributed by atoms with Crippen molar-refractivity contribution in [2.75, 3.05) is 12.8 Å². The molecule has 0 amide bonds. The fourth-order valence-corrected chi connectivity index (χ4v) is 3.52. The molecule has 7 nitrogen and oxygen atoms in total. The highest BCUT2D eigenvalue weighted by molar-refractivity contribution is 7.98. The van der Waals surface area contributed by atoms with Crippen LogP contribution in [0.3, 0.4) is 0 Å². The molecular formula is C17H20N4O3S. The van der Waals surface area contributed by atoms with Gasteiger partial charge in [-0.3, -0.25) is 19.8 Å². The summed E-state index contributed by atoms with van der Waals surface area (Å²) in [5.41, 5.74) is 3.26. The third kappa shape index (κ3) is 3.74. The number of nitrogens with one attached hydrogen (secondary N) is 1. The Hall–Kier alpha value is -2.19. The molecular weight excluding hydrogens is 340 g/mol. The maximum Gasteiger partial charge on any atom is 0.272 e. The Bertz CT molecular complexity index is 865. The summed E-state index contributed by atoms with van der Waals surface area (Å²) < 4.78 is 0. The summed E-state index contributed by atoms with van der Waals surface area (Å²) in [4.78, 5) is 32.5. The van der Waals surface area contributed by atoms with E-state index in [9.17, 15) is 14.9 Å². The fraction of sp³-hybridized carbons (Fsp3) is 0.412. The first kappa shape index (κ1) is 17.6. The molecule has 0 fully saturated rings. The van der Waals surface area contributed by atoms with E-state index in [1.165, 1.54) is 11.8 Å². The van der Waals surface area contributed by atoms with Crippen molar-refractivity contribution in [3.8, 4) is 0 Å². The first-order valence-electron chi connectivity index (χ1n) is 8.16. The van der Waals surface area contributed by atoms with Crippen LogP contribution >= 0.6 is 11.8 Å². The third-order valence-corrected chi connectivity index (χ3v) is 5.03. The number of hydrogen-bond acceptors (Lipinski definition) is 6. The highest BCUT2D eigenvalue weighted by atomic mass is 32.2. The normalized spacial score (nSPS) is 14.3. The van der Waals surface area contributed by atoms with Gasteiger partial charge in [-0.15, -0.1) is 0 Å². The average molecular weight is 360 g/mol. The lowest BCUT2D eigenvalue weighted by Gasteiger charge is -2.27. The quantitative estimate of drug-likeness (QED) is 0.381. The highest BCUT2D eigenvalue weighted by Gasteiger charge is 2.22. The van der Waals surface area contributed by atoms with Gasteiger partial charge in [0.2, 0.25) is 0 Å². The van der Waals surface area contributed by atoms with Crippen molar-refractivity contribution >= 4 is 17.4 Å². The van der Waals surface area contributed by atoms with Crippen LogP contribution in [0.5, 0.6) is 0 Å². The third-order valence-electron chi connectivity index (χ3n) is 4.45. The second kappa shape index (κ2) is 7.37. The molecule has 2 aromatic rings. The zero-order valence-electron chi connectivity index (χ0n) is 14.2. The molecule has 0 saturated carbocycles. The Kier molecular flexibility index (Phi) is 5.19. The van der Waals surface area contributed by atoms with Crippen LogP contribution in [0.2, 0.25) is 0 Å². The van der Waals surface area contributed by atoms with E-state index < -0.39 is 0 Å². The van der Waals surface area contributed by atoms with E-state index in [0.717, 1.165) is 23.4 Å². The van der Waals surface area contributed by atoms with Crippen LogP contribution < -0.4 is 5.56 Å². The number of nitro benzene ring substituents is 1. The molecule has 2 heterocycles. The van der Waals surface area contributed by atoms with Crippen LogP contribution in [0.25, 0.3) is 0 Å². The molecule has 0 saturated heterocycles. The Morgan fingerprint density at radius 3 is 2.92 bits per heavy atom. The maximum absolute atomic E-state index is 12.2. The largest absolute Gasteiger partial charge is 0.301 e. The molecule has 1 aromatic carbocycles. The molecule has 25 heavy (non-hydrogen) atoms. The molecule has 0 bridgehead atoms. The van der Waals surface area contributed by atoms with Gasteiger partial charge in [-0.2, -0.15) is 0 Å². The molecule has 0 aliphatic carbocycles. The summed E-state index contributed by atoms with van der Waals surface area (Å²) in [7, 11) is 0. The molecule has 0 atom stereocenters. The van der Waals surface area contributed by atoms with Crippen molar-refractivity contribution in [1.29, 1.82) is 0 Å². The zero-order chi connectivity index (χ0) is 18.0. The summed E-state index contributed by atoms with van der Waals surface area (Å²) in [6, 6.07) is 5.40. The van der Waals surface area contributed by atoms with Gasteiger partial charge in [0.15, 0.2) is 5.16 Å². The summed E-state index contributed by atoms with van der Waals surface area (Å²) >= 11 is 1.42. The minimum Gasteiger partial charge on any atom is -0.301 e. The van der Waals surface area contributed by atoms with Crippen molar-refractivity contribution in [1.82, 2.24) is 14.9 Å². The number of thioether (sulfide) groups is 1. The van der Waals surface area contributed by atoms with E-state index in [4.69, 9.17) is 0 Å². The Labute approximate surface area is 149 Å². The molecule has 0 unspecified atom stereocenters. The Morgan fingerprint density at radius 1 is 1.44 bits per heavy atom. The van der Waals surface area contributed by atoms with Gasteiger partial charge >= 0.3 is 0 Å². The summed E-state index contributed by atoms with van der Waals surface area (Å²) in [5.74, 6) is 0. The lowest BCUT2D eigenvalue weighted by Crippen LogP contribution is -2.35. The number of nitro groups is 1. The predicted octanol–water partition coefficient (Wildman–Crippen LogP) is 2.52. The van der Waals surface area contributed by atoms with E-state index in [0.29, 0.717) is 36.7 Å². The maximum atomic E-state index is 12.2. The second-order valence-corrected chi connectivity index (χ2v) is 6.83. The molecule has 0 spiro atoms. The molecule has 8 heteroatoms. The number of nitrogens with zero attached hydrogens (tertiary/aromatic N) is 3. The second-order valence-electron chi connectivity index (χ2n) is 6.03. The van der Waals surface area contributed by atoms with Crippen molar-refractivity contribution in [2.24, 2.45) is 0 Å². The van der Waals surface area contributed by atoms with Crippen LogP contribution in [0.4, 0.5) is 5.69 Å². The van der Waals surface area contributed by atoms with Crippen LogP contribution in [-0.4, -0.2) is 32.6 Å². The van der Waals surface area contributed by atoms with Gasteiger partial charge in [-0.1, -0.05) is 30.8 Å². The van der Waals surface area contributed by atoms with Crippen molar-refractivity contribution in [2.45, 2.75) is 38.0 Å². The van der Waals surface area contributed by atoms with Crippen LogP contribution in [0.1, 0.15) is 29.3 Å². The van der Waals surface area contributed by atoms with Gasteiger partial charge in [0.05, 0.1) is 16.2 Å². The highest BCUT2D eigenvalue weighted by Crippen LogP contribution is 2.23. The minimum absolute atomic E-state index is 0.0913. The Balaban J connectivity index is 1.81. The number of aromatic nitrogens is 2. The van der Waals surface area contributed by atoms with E-state index in [-0.39, 0.29) is 16.2 Å². The molecule has 132 valence electrons. The molecule has 1 aromatic heterocycles. The minimum atomic E-state index is -0.327. The summed E-state index contributed by atoms with van der Waals surface area (Å²) in [6.45, 7) is 3.77. The van der Waals surface area contributed by atoms with E-state index in [1.807, 2.05) is 25.3 Å². The van der Waals surface area contributed by atoms with Crippen LogP contribution in [-0.2, 0) is 25.9 Å². The average Bonchev–Trinajstić information content (AvgIpc) is 2.61. The monoisotopic (exact) mass is 360 g/mol. The number of aromatic amines is 1. The van der Waals surface area contributed by atoms with E-state index in [1.54, 1.807) is 6.07 Å². The van der Waals surface area contributed by atoms with Crippen molar-refractivity contribution in [3.63, 3.8) is 0 Å². The van der Waals surface area contributed by atoms with Gasteiger partial charge in [0.25, 0.3) is 11.2 Å². The van der Waals surface area contributed by atoms with Gasteiger partial charge in [0.1, 0.15) is 0 Å². The molecule has 0 radical (unpaired) electrons. The van der Waals surface area contributed by atoms with Crippen molar-refractivity contribution in [3.05, 3.63) is 61.1 Å². The lowest BCUT2D eigenvalue weighted by atomic mass is 10.0. The van der Waals surface area contributed by atoms with Gasteiger partial charge in [0, 0.05) is 37.7 Å². The lowest BCUT2D eigenvalue weighted by molar-refractivity contribution is -0.385. The molecule has 1 aliphatic rings. The van der Waals surface area contributed by atoms with Crippen LogP contribution in [0, 0.1) is 10.1 Å². The van der Waals surface area contributed by atoms with E-state index in [2.05, 4.69) is 14.9 Å². The number of aryl methyl sites for hydroxylation is 1. The van der Waals surface area contributed by atoms with Gasteiger partial charge < -0.3 is 4.98 Å². The van der Waals surface area contributed by atoms with Gasteiger partial charge in [-0.25, -0.2) is 4.98 Å². The SMILES string of the molecule is CCc1ccc(CN2CCc3nc(SC)[nH]c(=O)c3C2)cc1[N+](=O)[O-].